The maximum Gasteiger partial charge on any atom is 0.416 e. The van der Waals surface area contributed by atoms with Gasteiger partial charge in [0.05, 0.1) is 5.56 Å². The van der Waals surface area contributed by atoms with Crippen LogP contribution in [0.3, 0.4) is 0 Å². The molecule has 0 unspecified atom stereocenters. The molecule has 1 fully saturated rings. The number of hydrogen-bond donors (Lipinski definition) is 3. The second kappa shape index (κ2) is 9.77. The maximum atomic E-state index is 13.0. The number of hydrogen-bond acceptors (Lipinski definition) is 6. The number of nitrogens with one attached hydrogen (secondary N) is 1. The number of carbonyl (C=O) groups is 2. The number of imidazole rings is 1. The molecule has 3 aromatic heterocycles. The Kier molecular flexibility index (Phi) is 6.47. The third-order valence-electron chi connectivity index (χ3n) is 6.73. The van der Waals surface area contributed by atoms with E-state index in [2.05, 4.69) is 15.3 Å². The molecule has 196 valence electrons. The van der Waals surface area contributed by atoms with Gasteiger partial charge in [-0.1, -0.05) is 12.1 Å². The predicted molar refractivity (Wildman–Crippen MR) is 132 cm³/mol. The summed E-state index contributed by atoms with van der Waals surface area (Å²) in [5.41, 5.74) is 7.35. The smallest absolute Gasteiger partial charge is 0.416 e. The molecule has 0 aliphatic heterocycles. The standard InChI is InChI=1S/C26H23F3N6O3/c27-26(28,29)18-7-8-31-19(13-18)33-25(38)16-5-3-15(4-6-16)21-22-23(30)32-9-10-35(22)24(34-21)17-2-1-14(11-17)12-20(36)37/h3-10,13-14,17H,1-2,11-12H2,(H2,30,32)(H,36,37)(H,31,33,38)/t14-,17-/m0/s1. The van der Waals surface area contributed by atoms with E-state index in [9.17, 15) is 22.8 Å². The molecule has 0 radical (unpaired) electrons. The highest BCUT2D eigenvalue weighted by molar-refractivity contribution is 6.04. The average molecular weight is 525 g/mol. The van der Waals surface area contributed by atoms with Crippen LogP contribution in [0.4, 0.5) is 24.8 Å². The van der Waals surface area contributed by atoms with Crippen molar-refractivity contribution in [3.63, 3.8) is 0 Å². The number of nitrogens with two attached hydrogens (primary N) is 1. The molecule has 9 nitrogen and oxygen atoms in total. The van der Waals surface area contributed by atoms with Crippen LogP contribution in [0, 0.1) is 5.92 Å². The van der Waals surface area contributed by atoms with Crippen molar-refractivity contribution in [2.75, 3.05) is 11.1 Å². The number of anilines is 2. The monoisotopic (exact) mass is 524 g/mol. The topological polar surface area (TPSA) is 136 Å². The number of fused-ring (bicyclic) bond motifs is 1. The van der Waals surface area contributed by atoms with Gasteiger partial charge in [-0.05, 0) is 49.4 Å². The first-order valence-corrected chi connectivity index (χ1v) is 11.9. The summed E-state index contributed by atoms with van der Waals surface area (Å²) in [6, 6.07) is 8.02. The number of aliphatic carboxylic acids is 1. The lowest BCUT2D eigenvalue weighted by atomic mass is 10.0. The quantitative estimate of drug-likeness (QED) is 0.323. The van der Waals surface area contributed by atoms with Gasteiger partial charge in [0.25, 0.3) is 5.91 Å². The molecule has 4 aromatic rings. The zero-order valence-electron chi connectivity index (χ0n) is 19.9. The number of halogens is 3. The highest BCUT2D eigenvalue weighted by Gasteiger charge is 2.32. The van der Waals surface area contributed by atoms with Crippen LogP contribution in [0.1, 0.15) is 53.3 Å². The maximum absolute atomic E-state index is 13.0. The molecule has 2 atom stereocenters. The number of nitrogen functional groups attached to an aromatic ring is 1. The van der Waals surface area contributed by atoms with E-state index in [0.29, 0.717) is 23.2 Å². The number of carbonyl (C=O) groups excluding carboxylic acids is 1. The van der Waals surface area contributed by atoms with E-state index >= 15 is 0 Å². The van der Waals surface area contributed by atoms with Gasteiger partial charge in [-0.25, -0.2) is 15.0 Å². The predicted octanol–water partition coefficient (Wildman–Crippen LogP) is 5.00. The second-order valence-corrected chi connectivity index (χ2v) is 9.28. The summed E-state index contributed by atoms with van der Waals surface area (Å²) < 4.78 is 40.8. The Bertz CT molecular complexity index is 1520. The third-order valence-corrected chi connectivity index (χ3v) is 6.73. The molecule has 0 saturated heterocycles. The first-order valence-electron chi connectivity index (χ1n) is 11.9. The van der Waals surface area contributed by atoms with Crippen molar-refractivity contribution >= 4 is 29.0 Å². The van der Waals surface area contributed by atoms with Crippen LogP contribution in [0.15, 0.2) is 55.0 Å². The van der Waals surface area contributed by atoms with Gasteiger partial charge in [0.2, 0.25) is 0 Å². The van der Waals surface area contributed by atoms with E-state index in [4.69, 9.17) is 15.8 Å². The van der Waals surface area contributed by atoms with E-state index < -0.39 is 23.6 Å². The van der Waals surface area contributed by atoms with Crippen molar-refractivity contribution in [2.24, 2.45) is 5.92 Å². The number of alkyl halides is 3. The highest BCUT2D eigenvalue weighted by Crippen LogP contribution is 2.41. The van der Waals surface area contributed by atoms with Crippen molar-refractivity contribution in [1.29, 1.82) is 0 Å². The first-order chi connectivity index (χ1) is 18.1. The number of pyridine rings is 1. The molecule has 0 spiro atoms. The SMILES string of the molecule is Nc1nccn2c([C@H]3CC[C@H](CC(=O)O)C3)nc(-c3ccc(C(=O)Nc4cc(C(F)(F)F)ccn4)cc3)c12. The minimum atomic E-state index is -4.55. The number of nitrogens with zero attached hydrogens (tertiary/aromatic N) is 4. The Morgan fingerprint density at radius 2 is 1.87 bits per heavy atom. The Morgan fingerprint density at radius 3 is 2.58 bits per heavy atom. The molecule has 12 heteroatoms. The summed E-state index contributed by atoms with van der Waals surface area (Å²) in [7, 11) is 0. The first kappa shape index (κ1) is 25.2. The van der Waals surface area contributed by atoms with Gasteiger partial charge in [0, 0.05) is 42.1 Å². The van der Waals surface area contributed by atoms with Crippen LogP contribution in [-0.2, 0) is 11.0 Å². The molecular weight excluding hydrogens is 501 g/mol. The molecule has 0 bridgehead atoms. The van der Waals surface area contributed by atoms with Gasteiger partial charge in [-0.2, -0.15) is 13.2 Å². The van der Waals surface area contributed by atoms with Crippen LogP contribution >= 0.6 is 0 Å². The molecular formula is C26H23F3N6O3. The number of amides is 1. The number of carboxylic acids is 1. The molecule has 3 heterocycles. The number of aromatic nitrogens is 4. The fourth-order valence-electron chi connectivity index (χ4n) is 4.96. The summed E-state index contributed by atoms with van der Waals surface area (Å²) in [5.74, 6) is -0.450. The number of carboxylic acid groups (broad SMARTS) is 1. The summed E-state index contributed by atoms with van der Waals surface area (Å²) in [6.45, 7) is 0. The Hall–Kier alpha value is -4.48. The van der Waals surface area contributed by atoms with Gasteiger partial charge >= 0.3 is 12.1 Å². The molecule has 5 rings (SSSR count). The van der Waals surface area contributed by atoms with Crippen molar-refractivity contribution in [2.45, 2.75) is 37.8 Å². The molecule has 1 aliphatic carbocycles. The summed E-state index contributed by atoms with van der Waals surface area (Å²) in [6.07, 6.45) is 2.21. The zero-order valence-corrected chi connectivity index (χ0v) is 19.9. The van der Waals surface area contributed by atoms with Crippen molar-refractivity contribution in [3.05, 3.63) is 71.9 Å². The van der Waals surface area contributed by atoms with Gasteiger partial charge in [-0.3, -0.25) is 14.0 Å². The zero-order chi connectivity index (χ0) is 27.0. The molecule has 1 amide bonds. The van der Waals surface area contributed by atoms with E-state index in [1.807, 2.05) is 4.40 Å². The molecule has 38 heavy (non-hydrogen) atoms. The fourth-order valence-corrected chi connectivity index (χ4v) is 4.96. The third kappa shape index (κ3) is 5.01. The van der Waals surface area contributed by atoms with E-state index in [1.54, 1.807) is 24.5 Å². The minimum absolute atomic E-state index is 0.0624. The summed E-state index contributed by atoms with van der Waals surface area (Å²) >= 11 is 0. The van der Waals surface area contributed by atoms with Crippen LogP contribution in [-0.4, -0.2) is 36.3 Å². The van der Waals surface area contributed by atoms with Gasteiger partial charge in [-0.15, -0.1) is 0 Å². The van der Waals surface area contributed by atoms with E-state index in [-0.39, 0.29) is 35.5 Å². The van der Waals surface area contributed by atoms with Crippen molar-refractivity contribution < 1.29 is 27.9 Å². The molecule has 4 N–H and O–H groups in total. The summed E-state index contributed by atoms with van der Waals surface area (Å²) in [5, 5.41) is 11.5. The van der Waals surface area contributed by atoms with Crippen LogP contribution in [0.5, 0.6) is 0 Å². The van der Waals surface area contributed by atoms with Gasteiger partial charge < -0.3 is 16.2 Å². The largest absolute Gasteiger partial charge is 0.481 e. The summed E-state index contributed by atoms with van der Waals surface area (Å²) in [4.78, 5) is 36.7. The molecule has 1 aliphatic rings. The lowest BCUT2D eigenvalue weighted by molar-refractivity contribution is -0.138. The Balaban J connectivity index is 1.41. The average Bonchev–Trinajstić information content (AvgIpc) is 3.49. The molecule has 1 aromatic carbocycles. The molecule has 1 saturated carbocycles. The number of rotatable bonds is 6. The van der Waals surface area contributed by atoms with Crippen molar-refractivity contribution in [3.8, 4) is 11.3 Å². The second-order valence-electron chi connectivity index (χ2n) is 9.28. The Labute approximate surface area is 214 Å². The minimum Gasteiger partial charge on any atom is -0.481 e. The van der Waals surface area contributed by atoms with E-state index in [0.717, 1.165) is 37.0 Å². The fraction of sp³-hybridized carbons (Fsp3) is 0.269. The van der Waals surface area contributed by atoms with Crippen LogP contribution < -0.4 is 11.1 Å². The lowest BCUT2D eigenvalue weighted by Crippen LogP contribution is -2.14. The van der Waals surface area contributed by atoms with Crippen LogP contribution in [0.25, 0.3) is 16.8 Å². The van der Waals surface area contributed by atoms with Crippen molar-refractivity contribution in [1.82, 2.24) is 19.4 Å². The normalized spacial score (nSPS) is 17.6. The highest BCUT2D eigenvalue weighted by atomic mass is 19.4. The van der Waals surface area contributed by atoms with Gasteiger partial charge in [0.1, 0.15) is 28.7 Å². The van der Waals surface area contributed by atoms with Crippen LogP contribution in [0.2, 0.25) is 0 Å². The van der Waals surface area contributed by atoms with E-state index in [1.165, 1.54) is 12.1 Å². The van der Waals surface area contributed by atoms with Gasteiger partial charge in [0.15, 0.2) is 0 Å². The Morgan fingerprint density at radius 1 is 1.11 bits per heavy atom. The lowest BCUT2D eigenvalue weighted by Gasteiger charge is -2.09. The number of benzene rings is 1.